The molecular weight excluding hydrogens is 423 g/mol. The third kappa shape index (κ3) is 6.85. The third-order valence-corrected chi connectivity index (χ3v) is 4.43. The normalized spacial score (nSPS) is 19.1. The molecule has 0 aliphatic carbocycles. The minimum atomic E-state index is 0. The molecule has 0 spiro atoms. The Morgan fingerprint density at radius 1 is 1.39 bits per heavy atom. The summed E-state index contributed by atoms with van der Waals surface area (Å²) in [6, 6.07) is 7.97. The molecule has 0 saturated carbocycles. The molecule has 1 aliphatic rings. The predicted octanol–water partition coefficient (Wildman–Crippen LogP) is 3.31. The highest BCUT2D eigenvalue weighted by atomic mass is 127. The van der Waals surface area contributed by atoms with Crippen LogP contribution in [0, 0.1) is 5.92 Å². The van der Waals surface area contributed by atoms with Crippen molar-refractivity contribution in [1.29, 1.82) is 0 Å². The smallest absolute Gasteiger partial charge is 0.193 e. The number of hydrogen-bond donors (Lipinski definition) is 1. The Bertz CT molecular complexity index is 492. The van der Waals surface area contributed by atoms with E-state index in [1.54, 1.807) is 0 Å². The van der Waals surface area contributed by atoms with Crippen LogP contribution in [0.3, 0.4) is 0 Å². The summed E-state index contributed by atoms with van der Waals surface area (Å²) in [4.78, 5) is 8.96. The van der Waals surface area contributed by atoms with E-state index < -0.39 is 0 Å². The average molecular weight is 451 g/mol. The van der Waals surface area contributed by atoms with E-state index in [1.165, 1.54) is 31.5 Å². The summed E-state index contributed by atoms with van der Waals surface area (Å²) in [6.07, 6.45) is 2.59. The molecule has 6 heteroatoms. The Balaban J connectivity index is 0.00000264. The second-order valence-corrected chi connectivity index (χ2v) is 6.62. The Hall–Kier alpha value is -0.530. The quantitative estimate of drug-likeness (QED) is 0.434. The van der Waals surface area contributed by atoms with Gasteiger partial charge in [-0.3, -0.25) is 4.99 Å². The minimum Gasteiger partial charge on any atom is -0.356 e. The van der Waals surface area contributed by atoms with Gasteiger partial charge in [-0.05, 0) is 50.0 Å². The maximum Gasteiger partial charge on any atom is 0.193 e. The van der Waals surface area contributed by atoms with Crippen LogP contribution in [0.4, 0.5) is 0 Å². The van der Waals surface area contributed by atoms with Gasteiger partial charge in [-0.25, -0.2) is 0 Å². The SMILES string of the molecule is CN=C(NCC1CCCN(C)C1)N(C)Cc1ccc(Cl)cc1.I. The first kappa shape index (κ1) is 20.5. The van der Waals surface area contributed by atoms with Gasteiger partial charge in [-0.15, -0.1) is 24.0 Å². The highest BCUT2D eigenvalue weighted by molar-refractivity contribution is 14.0. The summed E-state index contributed by atoms with van der Waals surface area (Å²) in [5, 5.41) is 4.29. The van der Waals surface area contributed by atoms with Crippen LogP contribution in [0.25, 0.3) is 0 Å². The molecular formula is C17H28ClIN4. The van der Waals surface area contributed by atoms with E-state index in [0.29, 0.717) is 5.92 Å². The number of guanidine groups is 1. The molecule has 1 unspecified atom stereocenters. The van der Waals surface area contributed by atoms with Gasteiger partial charge >= 0.3 is 0 Å². The fourth-order valence-electron chi connectivity index (χ4n) is 3.00. The molecule has 4 nitrogen and oxygen atoms in total. The molecule has 0 amide bonds. The Kier molecular flexibility index (Phi) is 9.24. The van der Waals surface area contributed by atoms with E-state index in [4.69, 9.17) is 11.6 Å². The zero-order valence-corrected chi connectivity index (χ0v) is 17.3. The summed E-state index contributed by atoms with van der Waals surface area (Å²) in [5.41, 5.74) is 1.23. The molecule has 0 bridgehead atoms. The summed E-state index contributed by atoms with van der Waals surface area (Å²) >= 11 is 5.93. The number of aliphatic imine (C=N–C) groups is 1. The van der Waals surface area contributed by atoms with Crippen molar-refractivity contribution in [1.82, 2.24) is 15.1 Å². The van der Waals surface area contributed by atoms with E-state index >= 15 is 0 Å². The summed E-state index contributed by atoms with van der Waals surface area (Å²) in [6.45, 7) is 4.20. The number of benzene rings is 1. The lowest BCUT2D eigenvalue weighted by Crippen LogP contribution is -2.44. The maximum atomic E-state index is 5.93. The molecule has 130 valence electrons. The second kappa shape index (κ2) is 10.4. The monoisotopic (exact) mass is 450 g/mol. The molecule has 23 heavy (non-hydrogen) atoms. The number of nitrogens with one attached hydrogen (secondary N) is 1. The fourth-order valence-corrected chi connectivity index (χ4v) is 3.12. The van der Waals surface area contributed by atoms with Gasteiger partial charge < -0.3 is 15.1 Å². The van der Waals surface area contributed by atoms with Gasteiger partial charge in [-0.2, -0.15) is 0 Å². The summed E-state index contributed by atoms with van der Waals surface area (Å²) in [7, 11) is 6.11. The van der Waals surface area contributed by atoms with Crippen molar-refractivity contribution in [3.05, 3.63) is 34.9 Å². The van der Waals surface area contributed by atoms with Crippen molar-refractivity contribution in [3.63, 3.8) is 0 Å². The minimum absolute atomic E-state index is 0. The molecule has 0 aromatic heterocycles. The molecule has 1 aromatic carbocycles. The van der Waals surface area contributed by atoms with Crippen LogP contribution >= 0.6 is 35.6 Å². The van der Waals surface area contributed by atoms with Gasteiger partial charge in [-0.1, -0.05) is 23.7 Å². The van der Waals surface area contributed by atoms with Crippen LogP contribution in [0.2, 0.25) is 5.02 Å². The Labute approximate surface area is 162 Å². The second-order valence-electron chi connectivity index (χ2n) is 6.18. The Morgan fingerprint density at radius 3 is 2.70 bits per heavy atom. The largest absolute Gasteiger partial charge is 0.356 e. The molecule has 1 fully saturated rings. The van der Waals surface area contributed by atoms with Crippen molar-refractivity contribution >= 4 is 41.5 Å². The van der Waals surface area contributed by atoms with Crippen LogP contribution in [0.15, 0.2) is 29.3 Å². The zero-order chi connectivity index (χ0) is 15.9. The van der Waals surface area contributed by atoms with E-state index in [9.17, 15) is 0 Å². The van der Waals surface area contributed by atoms with E-state index in [0.717, 1.165) is 24.1 Å². The summed E-state index contributed by atoms with van der Waals surface area (Å²) < 4.78 is 0. The number of halogens is 2. The van der Waals surface area contributed by atoms with Gasteiger partial charge in [0.15, 0.2) is 5.96 Å². The molecule has 1 heterocycles. The van der Waals surface area contributed by atoms with Crippen molar-refractivity contribution < 1.29 is 0 Å². The van der Waals surface area contributed by atoms with Crippen molar-refractivity contribution in [2.75, 3.05) is 40.8 Å². The van der Waals surface area contributed by atoms with Gasteiger partial charge in [0.2, 0.25) is 0 Å². The molecule has 1 atom stereocenters. The van der Waals surface area contributed by atoms with Crippen molar-refractivity contribution in [2.24, 2.45) is 10.9 Å². The first-order valence-electron chi connectivity index (χ1n) is 7.93. The van der Waals surface area contributed by atoms with Gasteiger partial charge in [0, 0.05) is 38.8 Å². The van der Waals surface area contributed by atoms with E-state index in [1.807, 2.05) is 19.2 Å². The first-order chi connectivity index (χ1) is 10.6. The number of likely N-dealkylation sites (tertiary alicyclic amines) is 1. The molecule has 0 radical (unpaired) electrons. The molecule has 1 aliphatic heterocycles. The highest BCUT2D eigenvalue weighted by Crippen LogP contribution is 2.14. The number of nitrogens with zero attached hydrogens (tertiary/aromatic N) is 3. The molecule has 1 aromatic rings. The lowest BCUT2D eigenvalue weighted by Gasteiger charge is -2.31. The van der Waals surface area contributed by atoms with Crippen molar-refractivity contribution in [2.45, 2.75) is 19.4 Å². The van der Waals surface area contributed by atoms with Crippen molar-refractivity contribution in [3.8, 4) is 0 Å². The lowest BCUT2D eigenvalue weighted by atomic mass is 9.98. The van der Waals surface area contributed by atoms with Gasteiger partial charge in [0.05, 0.1) is 0 Å². The third-order valence-electron chi connectivity index (χ3n) is 4.18. The molecule has 2 rings (SSSR count). The van der Waals surface area contributed by atoms with Crippen LogP contribution in [0.1, 0.15) is 18.4 Å². The Morgan fingerprint density at radius 2 is 2.09 bits per heavy atom. The number of hydrogen-bond acceptors (Lipinski definition) is 2. The van der Waals surface area contributed by atoms with E-state index in [2.05, 4.69) is 46.3 Å². The molecule has 1 N–H and O–H groups in total. The average Bonchev–Trinajstić information content (AvgIpc) is 2.50. The fraction of sp³-hybridized carbons (Fsp3) is 0.588. The number of piperidine rings is 1. The topological polar surface area (TPSA) is 30.9 Å². The number of rotatable bonds is 4. The van der Waals surface area contributed by atoms with E-state index in [-0.39, 0.29) is 24.0 Å². The zero-order valence-electron chi connectivity index (χ0n) is 14.3. The van der Waals surface area contributed by atoms with Crippen LogP contribution in [-0.4, -0.2) is 56.5 Å². The highest BCUT2D eigenvalue weighted by Gasteiger charge is 2.18. The van der Waals surface area contributed by atoms with Gasteiger partial charge in [0.25, 0.3) is 0 Å². The van der Waals surface area contributed by atoms with Crippen LogP contribution < -0.4 is 5.32 Å². The van der Waals surface area contributed by atoms with Crippen LogP contribution in [0.5, 0.6) is 0 Å². The molecule has 1 saturated heterocycles. The first-order valence-corrected chi connectivity index (χ1v) is 8.31. The lowest BCUT2D eigenvalue weighted by molar-refractivity contribution is 0.209. The maximum absolute atomic E-state index is 5.93. The van der Waals surface area contributed by atoms with Crippen LogP contribution in [-0.2, 0) is 6.54 Å². The summed E-state index contributed by atoms with van der Waals surface area (Å²) in [5.74, 6) is 1.66. The predicted molar refractivity (Wildman–Crippen MR) is 110 cm³/mol. The van der Waals surface area contributed by atoms with Gasteiger partial charge in [0.1, 0.15) is 0 Å². The standard InChI is InChI=1S/C17H27ClN4.HI/c1-19-17(20-11-15-5-4-10-21(2)12-15)22(3)13-14-6-8-16(18)9-7-14;/h6-9,15H,4-5,10-13H2,1-3H3,(H,19,20);1H.